The molecule has 0 aliphatic carbocycles. The molecule has 0 aliphatic rings. The van der Waals surface area contributed by atoms with Gasteiger partial charge in [-0.15, -0.1) is 0 Å². The van der Waals surface area contributed by atoms with Crippen molar-refractivity contribution in [3.8, 4) is 33.9 Å². The van der Waals surface area contributed by atoms with Crippen molar-refractivity contribution in [3.63, 3.8) is 0 Å². The summed E-state index contributed by atoms with van der Waals surface area (Å²) in [4.78, 5) is 13.6. The van der Waals surface area contributed by atoms with Gasteiger partial charge in [-0.05, 0) is 47.5 Å². The number of halogens is 3. The first-order valence-corrected chi connectivity index (χ1v) is 12.8. The van der Waals surface area contributed by atoms with Crippen LogP contribution in [0.2, 0.25) is 0 Å². The van der Waals surface area contributed by atoms with Crippen molar-refractivity contribution >= 4 is 30.3 Å². The van der Waals surface area contributed by atoms with Crippen LogP contribution >= 0.6 is 30.3 Å². The summed E-state index contributed by atoms with van der Waals surface area (Å²) in [5.74, 6) is 0. The normalized spacial score (nSPS) is 10.6. The molecule has 0 spiro atoms. The molecule has 7 heteroatoms. The maximum atomic E-state index is 4.89. The van der Waals surface area contributed by atoms with Gasteiger partial charge < -0.3 is 0 Å². The topological polar surface area (TPSA) is 38.7 Å². The molecular formula is C21H15Cl3FeN3. The Balaban J connectivity index is 0.000000516. The van der Waals surface area contributed by atoms with Gasteiger partial charge in [0.05, 0.1) is 22.8 Å². The van der Waals surface area contributed by atoms with Gasteiger partial charge in [0.25, 0.3) is 0 Å². The van der Waals surface area contributed by atoms with E-state index < -0.39 is 11.2 Å². The number of nitrogens with zero attached hydrogens (tertiary/aromatic N) is 3. The molecule has 143 valence electrons. The van der Waals surface area contributed by atoms with Crippen molar-refractivity contribution in [2.24, 2.45) is 0 Å². The van der Waals surface area contributed by atoms with Crippen LogP contribution in [0.4, 0.5) is 0 Å². The Morgan fingerprint density at radius 1 is 0.536 bits per heavy atom. The zero-order chi connectivity index (χ0) is 19.8. The van der Waals surface area contributed by atoms with E-state index in [9.17, 15) is 0 Å². The second-order valence-corrected chi connectivity index (χ2v) is 11.0. The van der Waals surface area contributed by atoms with Gasteiger partial charge in [0, 0.05) is 12.4 Å². The van der Waals surface area contributed by atoms with E-state index in [4.69, 9.17) is 35.3 Å². The third-order valence-corrected chi connectivity index (χ3v) is 3.79. The Morgan fingerprint density at radius 2 is 1.00 bits per heavy atom. The van der Waals surface area contributed by atoms with Crippen molar-refractivity contribution in [1.29, 1.82) is 0 Å². The number of hydrogen-bond donors (Lipinski definition) is 0. The minimum Gasteiger partial charge on any atom is -0.255 e. The van der Waals surface area contributed by atoms with Crippen molar-refractivity contribution in [1.82, 2.24) is 15.0 Å². The molecule has 3 nitrogen and oxygen atoms in total. The van der Waals surface area contributed by atoms with Crippen LogP contribution in [0.3, 0.4) is 0 Å². The minimum absolute atomic E-state index is 0.845. The summed E-state index contributed by atoms with van der Waals surface area (Å²) in [6.07, 6.45) is 3.57. The second kappa shape index (κ2) is 10.6. The Hall–Kier alpha value is -1.94. The average Bonchev–Trinajstić information content (AvgIpc) is 2.75. The molecule has 28 heavy (non-hydrogen) atoms. The molecular weight excluding hydrogens is 456 g/mol. The Labute approximate surface area is 180 Å². The number of benzene rings is 1. The first-order valence-electron chi connectivity index (χ1n) is 8.20. The van der Waals surface area contributed by atoms with Crippen LogP contribution in [0.5, 0.6) is 0 Å². The van der Waals surface area contributed by atoms with Crippen molar-refractivity contribution in [3.05, 3.63) is 91.3 Å². The number of aromatic nitrogens is 3. The fourth-order valence-corrected chi connectivity index (χ4v) is 2.62. The molecule has 3 aromatic heterocycles. The van der Waals surface area contributed by atoms with Gasteiger partial charge in [-0.25, -0.2) is 4.98 Å². The predicted molar refractivity (Wildman–Crippen MR) is 114 cm³/mol. The SMILES string of the molecule is [Cl][Fe]([Cl])[Cl].c1ccc(-c2cc(-c3ccccn3)nc(-c3ccccn3)c2)cc1. The molecule has 0 saturated heterocycles. The summed E-state index contributed by atoms with van der Waals surface area (Å²) >= 11 is -1.33. The van der Waals surface area contributed by atoms with Crippen LogP contribution in [-0.2, 0) is 11.2 Å². The van der Waals surface area contributed by atoms with Crippen molar-refractivity contribution in [2.45, 2.75) is 0 Å². The van der Waals surface area contributed by atoms with Crippen molar-refractivity contribution < 1.29 is 11.2 Å². The Bertz CT molecular complexity index is 859. The van der Waals surface area contributed by atoms with Crippen LogP contribution in [0.15, 0.2) is 91.3 Å². The summed E-state index contributed by atoms with van der Waals surface area (Å²) in [6.45, 7) is 0. The van der Waals surface area contributed by atoms with Gasteiger partial charge in [0.1, 0.15) is 0 Å². The van der Waals surface area contributed by atoms with E-state index in [2.05, 4.69) is 34.2 Å². The molecule has 4 aromatic rings. The molecule has 0 bridgehead atoms. The van der Waals surface area contributed by atoms with Gasteiger partial charge in [0.2, 0.25) is 0 Å². The third-order valence-electron chi connectivity index (χ3n) is 3.79. The number of pyridine rings is 3. The van der Waals surface area contributed by atoms with Crippen molar-refractivity contribution in [2.75, 3.05) is 0 Å². The number of hydrogen-bond acceptors (Lipinski definition) is 3. The molecule has 4 rings (SSSR count). The van der Waals surface area contributed by atoms with E-state index in [0.29, 0.717) is 0 Å². The fourth-order valence-electron chi connectivity index (χ4n) is 2.62. The molecule has 0 fully saturated rings. The Kier molecular flexibility index (Phi) is 7.84. The molecule has 0 aliphatic heterocycles. The molecule has 0 atom stereocenters. The maximum Gasteiger partial charge on any atom is 0.0900 e. The summed E-state index contributed by atoms with van der Waals surface area (Å²) in [5.41, 5.74) is 5.65. The monoisotopic (exact) mass is 470 g/mol. The van der Waals surface area contributed by atoms with E-state index in [1.165, 1.54) is 0 Å². The van der Waals surface area contributed by atoms with Crippen LogP contribution in [-0.4, -0.2) is 15.0 Å². The smallest absolute Gasteiger partial charge is 0.0900 e. The van der Waals surface area contributed by atoms with Gasteiger partial charge in [0.15, 0.2) is 0 Å². The molecule has 0 radical (unpaired) electrons. The van der Waals surface area contributed by atoms with Crippen LogP contribution in [0.25, 0.3) is 33.9 Å². The molecule has 0 N–H and O–H groups in total. The molecule has 3 heterocycles. The summed E-state index contributed by atoms with van der Waals surface area (Å²) in [7, 11) is 14.7. The van der Waals surface area contributed by atoms with Gasteiger partial charge in [-0.3, -0.25) is 9.97 Å². The van der Waals surface area contributed by atoms with E-state index in [1.54, 1.807) is 12.4 Å². The van der Waals surface area contributed by atoms with Gasteiger partial charge in [-0.2, -0.15) is 0 Å². The largest absolute Gasteiger partial charge is 0.255 e. The first-order chi connectivity index (χ1) is 13.6. The standard InChI is InChI=1S/C21H15N3.3ClH.Fe/c1-2-8-16(9-3-1)17-14-20(18-10-4-6-12-22-18)24-21(15-17)19-11-5-7-13-23-19;;;;/h1-15H;3*1H;/q;;;;+3/p-3. The maximum absolute atomic E-state index is 4.89. The van der Waals surface area contributed by atoms with Gasteiger partial charge >= 0.3 is 41.5 Å². The molecule has 1 aromatic carbocycles. The zero-order valence-corrected chi connectivity index (χ0v) is 17.9. The number of rotatable bonds is 3. The van der Waals surface area contributed by atoms with Crippen LogP contribution in [0, 0.1) is 0 Å². The fraction of sp³-hybridized carbons (Fsp3) is 0. The third kappa shape index (κ3) is 6.03. The molecule has 0 unspecified atom stereocenters. The van der Waals surface area contributed by atoms with Gasteiger partial charge in [-0.1, -0.05) is 42.5 Å². The molecule has 0 amide bonds. The summed E-state index contributed by atoms with van der Waals surface area (Å²) in [6, 6.07) is 26.1. The Morgan fingerprint density at radius 3 is 1.43 bits per heavy atom. The van der Waals surface area contributed by atoms with E-state index in [1.807, 2.05) is 54.6 Å². The first kappa shape index (κ1) is 20.8. The van der Waals surface area contributed by atoms with Crippen LogP contribution < -0.4 is 0 Å². The van der Waals surface area contributed by atoms with Crippen LogP contribution in [0.1, 0.15) is 0 Å². The quantitative estimate of drug-likeness (QED) is 0.304. The van der Waals surface area contributed by atoms with E-state index in [-0.39, 0.29) is 0 Å². The van der Waals surface area contributed by atoms with E-state index >= 15 is 0 Å². The minimum atomic E-state index is -1.33. The predicted octanol–water partition coefficient (Wildman–Crippen LogP) is 6.94. The molecule has 0 saturated carbocycles. The summed E-state index contributed by atoms with van der Waals surface area (Å²) in [5, 5.41) is 0. The summed E-state index contributed by atoms with van der Waals surface area (Å²) < 4.78 is 0. The van der Waals surface area contributed by atoms with E-state index in [0.717, 1.165) is 33.9 Å². The zero-order valence-electron chi connectivity index (χ0n) is 14.5. The average molecular weight is 472 g/mol. The second-order valence-electron chi connectivity index (χ2n) is 5.57.